The summed E-state index contributed by atoms with van der Waals surface area (Å²) in [4.78, 5) is 1.87. The number of aliphatic hydroxyl groups is 2. The van der Waals surface area contributed by atoms with E-state index in [1.165, 1.54) is 0 Å². The predicted octanol–water partition coefficient (Wildman–Crippen LogP) is -0.0726. The highest BCUT2D eigenvalue weighted by Gasteiger charge is 2.30. The quantitative estimate of drug-likeness (QED) is 0.606. The summed E-state index contributed by atoms with van der Waals surface area (Å²) in [5.74, 6) is 0.0786. The molecule has 68 valence electrons. The van der Waals surface area contributed by atoms with Crippen LogP contribution in [0.2, 0.25) is 0 Å². The van der Waals surface area contributed by atoms with Gasteiger partial charge in [-0.15, -0.1) is 0 Å². The van der Waals surface area contributed by atoms with Crippen LogP contribution >= 0.6 is 0 Å². The lowest BCUT2D eigenvalue weighted by atomic mass is 9.91. The molecule has 0 heterocycles. The van der Waals surface area contributed by atoms with Gasteiger partial charge in [-0.25, -0.2) is 0 Å². The van der Waals surface area contributed by atoms with Gasteiger partial charge in [-0.05, 0) is 20.0 Å². The van der Waals surface area contributed by atoms with E-state index in [4.69, 9.17) is 5.11 Å². The van der Waals surface area contributed by atoms with E-state index in [1.54, 1.807) is 0 Å². The SMILES string of the molecule is CC(C)C(O)(CO)CN(C)C. The van der Waals surface area contributed by atoms with Gasteiger partial charge >= 0.3 is 0 Å². The van der Waals surface area contributed by atoms with E-state index < -0.39 is 5.60 Å². The summed E-state index contributed by atoms with van der Waals surface area (Å²) >= 11 is 0. The Morgan fingerprint density at radius 1 is 1.36 bits per heavy atom. The van der Waals surface area contributed by atoms with Gasteiger partial charge in [-0.1, -0.05) is 13.8 Å². The normalized spacial score (nSPS) is 17.5. The Balaban J connectivity index is 4.10. The molecule has 0 aromatic carbocycles. The largest absolute Gasteiger partial charge is 0.393 e. The van der Waals surface area contributed by atoms with Crippen molar-refractivity contribution in [3.63, 3.8) is 0 Å². The van der Waals surface area contributed by atoms with Crippen molar-refractivity contribution in [1.82, 2.24) is 4.90 Å². The second-order valence-electron chi connectivity index (χ2n) is 3.65. The van der Waals surface area contributed by atoms with Crippen molar-refractivity contribution >= 4 is 0 Å². The van der Waals surface area contributed by atoms with Crippen molar-refractivity contribution in [1.29, 1.82) is 0 Å². The zero-order chi connectivity index (χ0) is 9.07. The Hall–Kier alpha value is -0.120. The van der Waals surface area contributed by atoms with Gasteiger partial charge in [-0.2, -0.15) is 0 Å². The van der Waals surface area contributed by atoms with Crippen molar-refractivity contribution < 1.29 is 10.2 Å². The molecule has 0 aliphatic rings. The van der Waals surface area contributed by atoms with E-state index in [1.807, 2.05) is 32.8 Å². The van der Waals surface area contributed by atoms with Crippen LogP contribution in [0, 0.1) is 5.92 Å². The fraction of sp³-hybridized carbons (Fsp3) is 1.00. The molecule has 0 aromatic heterocycles. The monoisotopic (exact) mass is 161 g/mol. The number of nitrogens with zero attached hydrogens (tertiary/aromatic N) is 1. The van der Waals surface area contributed by atoms with Crippen LogP contribution in [-0.2, 0) is 0 Å². The highest BCUT2D eigenvalue weighted by molar-refractivity contribution is 4.83. The van der Waals surface area contributed by atoms with Crippen molar-refractivity contribution in [3.05, 3.63) is 0 Å². The first-order chi connectivity index (χ1) is 4.92. The molecule has 0 radical (unpaired) electrons. The Morgan fingerprint density at radius 2 is 1.82 bits per heavy atom. The molecular formula is C8H19NO2. The van der Waals surface area contributed by atoms with E-state index in [0.29, 0.717) is 6.54 Å². The zero-order valence-corrected chi connectivity index (χ0v) is 7.83. The molecule has 1 atom stereocenters. The molecule has 0 fully saturated rings. The molecule has 0 bridgehead atoms. The van der Waals surface area contributed by atoms with Crippen LogP contribution in [0.4, 0.5) is 0 Å². The average Bonchev–Trinajstić information content (AvgIpc) is 1.86. The molecule has 2 N–H and O–H groups in total. The van der Waals surface area contributed by atoms with Gasteiger partial charge < -0.3 is 15.1 Å². The van der Waals surface area contributed by atoms with Crippen LogP contribution in [0.25, 0.3) is 0 Å². The third-order valence-electron chi connectivity index (χ3n) is 1.94. The maximum Gasteiger partial charge on any atom is 0.103 e. The van der Waals surface area contributed by atoms with Gasteiger partial charge in [0.05, 0.1) is 6.61 Å². The number of hydrogen-bond donors (Lipinski definition) is 2. The van der Waals surface area contributed by atoms with Crippen LogP contribution < -0.4 is 0 Å². The Labute approximate surface area is 68.6 Å². The van der Waals surface area contributed by atoms with Gasteiger partial charge in [0.15, 0.2) is 0 Å². The van der Waals surface area contributed by atoms with Gasteiger partial charge in [0.2, 0.25) is 0 Å². The first kappa shape index (κ1) is 10.9. The molecule has 0 saturated carbocycles. The molecule has 3 nitrogen and oxygen atoms in total. The van der Waals surface area contributed by atoms with Gasteiger partial charge in [0.1, 0.15) is 5.60 Å². The summed E-state index contributed by atoms with van der Waals surface area (Å²) in [6, 6.07) is 0. The highest BCUT2D eigenvalue weighted by atomic mass is 16.3. The minimum Gasteiger partial charge on any atom is -0.393 e. The number of rotatable bonds is 4. The van der Waals surface area contributed by atoms with Gasteiger partial charge in [-0.3, -0.25) is 0 Å². The van der Waals surface area contributed by atoms with E-state index in [-0.39, 0.29) is 12.5 Å². The van der Waals surface area contributed by atoms with Gasteiger partial charge in [0.25, 0.3) is 0 Å². The fourth-order valence-electron chi connectivity index (χ4n) is 0.963. The lowest BCUT2D eigenvalue weighted by Crippen LogP contribution is -2.47. The van der Waals surface area contributed by atoms with E-state index in [2.05, 4.69) is 0 Å². The Kier molecular flexibility index (Phi) is 4.00. The lowest BCUT2D eigenvalue weighted by molar-refractivity contribution is -0.0656. The number of hydrogen-bond acceptors (Lipinski definition) is 3. The first-order valence-corrected chi connectivity index (χ1v) is 3.90. The van der Waals surface area contributed by atoms with E-state index in [0.717, 1.165) is 0 Å². The lowest BCUT2D eigenvalue weighted by Gasteiger charge is -2.32. The first-order valence-electron chi connectivity index (χ1n) is 3.90. The third kappa shape index (κ3) is 3.18. The number of likely N-dealkylation sites (N-methyl/N-ethyl adjacent to an activating group) is 1. The minimum atomic E-state index is -0.955. The molecule has 3 heteroatoms. The molecule has 1 unspecified atom stereocenters. The van der Waals surface area contributed by atoms with Crippen LogP contribution in [-0.4, -0.2) is 48.0 Å². The Morgan fingerprint density at radius 3 is 1.91 bits per heavy atom. The fourth-order valence-corrected chi connectivity index (χ4v) is 0.963. The van der Waals surface area contributed by atoms with E-state index in [9.17, 15) is 5.11 Å². The van der Waals surface area contributed by atoms with E-state index >= 15 is 0 Å². The second-order valence-corrected chi connectivity index (χ2v) is 3.65. The summed E-state index contributed by atoms with van der Waals surface area (Å²) in [6.45, 7) is 4.13. The zero-order valence-electron chi connectivity index (χ0n) is 7.83. The molecule has 0 amide bonds. The maximum absolute atomic E-state index is 9.78. The van der Waals surface area contributed by atoms with Crippen molar-refractivity contribution in [2.24, 2.45) is 5.92 Å². The molecule has 0 aliphatic carbocycles. The summed E-state index contributed by atoms with van der Waals surface area (Å²) < 4.78 is 0. The molecule has 0 aromatic rings. The smallest absolute Gasteiger partial charge is 0.103 e. The summed E-state index contributed by atoms with van der Waals surface area (Å²) in [5, 5.41) is 18.7. The van der Waals surface area contributed by atoms with Crippen LogP contribution in [0.15, 0.2) is 0 Å². The van der Waals surface area contributed by atoms with Crippen LogP contribution in [0.3, 0.4) is 0 Å². The highest BCUT2D eigenvalue weighted by Crippen LogP contribution is 2.16. The summed E-state index contributed by atoms with van der Waals surface area (Å²) in [7, 11) is 3.76. The molecule has 0 aliphatic heterocycles. The summed E-state index contributed by atoms with van der Waals surface area (Å²) in [5.41, 5.74) is -0.955. The number of aliphatic hydroxyl groups excluding tert-OH is 1. The van der Waals surface area contributed by atoms with Crippen molar-refractivity contribution in [3.8, 4) is 0 Å². The topological polar surface area (TPSA) is 43.7 Å². The summed E-state index contributed by atoms with van der Waals surface area (Å²) in [6.07, 6.45) is 0. The predicted molar refractivity (Wildman–Crippen MR) is 45.4 cm³/mol. The maximum atomic E-state index is 9.78. The molecular weight excluding hydrogens is 142 g/mol. The van der Waals surface area contributed by atoms with Crippen molar-refractivity contribution in [2.75, 3.05) is 27.2 Å². The second kappa shape index (κ2) is 4.04. The molecule has 0 spiro atoms. The molecule has 0 saturated heterocycles. The average molecular weight is 161 g/mol. The molecule has 11 heavy (non-hydrogen) atoms. The van der Waals surface area contributed by atoms with Crippen LogP contribution in [0.5, 0.6) is 0 Å². The van der Waals surface area contributed by atoms with Crippen LogP contribution in [0.1, 0.15) is 13.8 Å². The van der Waals surface area contributed by atoms with Crippen molar-refractivity contribution in [2.45, 2.75) is 19.4 Å². The standard InChI is InChI=1S/C8H19NO2/c1-7(2)8(11,6-10)5-9(3)4/h7,10-11H,5-6H2,1-4H3. The Bertz CT molecular complexity index is 115. The third-order valence-corrected chi connectivity index (χ3v) is 1.94. The minimum absolute atomic E-state index is 0.0786. The molecule has 0 rings (SSSR count). The van der Waals surface area contributed by atoms with Gasteiger partial charge in [0, 0.05) is 6.54 Å².